The van der Waals surface area contributed by atoms with E-state index < -0.39 is 45.5 Å². The predicted molar refractivity (Wildman–Crippen MR) is 167 cm³/mol. The molecule has 13 nitrogen and oxygen atoms in total. The molecule has 2 aromatic carbocycles. The molecular formula is C31H39F3N6O7S. The van der Waals surface area contributed by atoms with E-state index in [0.29, 0.717) is 24.8 Å². The third-order valence-corrected chi connectivity index (χ3v) is 8.20. The second kappa shape index (κ2) is 15.5. The highest BCUT2D eigenvalue weighted by Gasteiger charge is 2.35. The second-order valence-corrected chi connectivity index (χ2v) is 13.8. The van der Waals surface area contributed by atoms with Gasteiger partial charge >= 0.3 is 12.1 Å². The normalized spacial score (nSPS) is 13.1. The van der Waals surface area contributed by atoms with Gasteiger partial charge in [0.05, 0.1) is 40.3 Å². The molecule has 1 heterocycles. The van der Waals surface area contributed by atoms with E-state index in [4.69, 9.17) is 9.57 Å². The zero-order chi connectivity index (χ0) is 35.9. The van der Waals surface area contributed by atoms with Crippen molar-refractivity contribution < 1.29 is 45.7 Å². The number of hydrogen-bond acceptors (Lipinski definition) is 9. The summed E-state index contributed by atoms with van der Waals surface area (Å²) in [6, 6.07) is 12.7. The summed E-state index contributed by atoms with van der Waals surface area (Å²) in [5.41, 5.74) is -0.0966. The van der Waals surface area contributed by atoms with E-state index in [1.54, 1.807) is 45.0 Å². The van der Waals surface area contributed by atoms with Crippen molar-refractivity contribution >= 4 is 21.9 Å². The number of amides is 1. The summed E-state index contributed by atoms with van der Waals surface area (Å²) in [6.07, 6.45) is -4.61. The quantitative estimate of drug-likeness (QED) is 0.0540. The first kappa shape index (κ1) is 37.8. The van der Waals surface area contributed by atoms with Gasteiger partial charge in [-0.3, -0.25) is 14.4 Å². The molecule has 3 aromatic rings. The Morgan fingerprint density at radius 2 is 1.69 bits per heavy atom. The van der Waals surface area contributed by atoms with Crippen molar-refractivity contribution in [3.8, 4) is 16.9 Å². The number of hydrazine groups is 1. The van der Waals surface area contributed by atoms with Crippen LogP contribution in [0.4, 0.5) is 13.2 Å². The number of hydrogen-bond donors (Lipinski definition) is 1. The fourth-order valence-corrected chi connectivity index (χ4v) is 5.09. The Kier molecular flexibility index (Phi) is 12.2. The zero-order valence-electron chi connectivity index (χ0n) is 27.4. The summed E-state index contributed by atoms with van der Waals surface area (Å²) in [4.78, 5) is 29.1. The van der Waals surface area contributed by atoms with Crippen LogP contribution in [0.25, 0.3) is 16.9 Å². The number of halogens is 3. The van der Waals surface area contributed by atoms with E-state index in [9.17, 15) is 36.4 Å². The molecule has 1 unspecified atom stereocenters. The van der Waals surface area contributed by atoms with Crippen molar-refractivity contribution in [3.05, 3.63) is 71.1 Å². The maximum atomic E-state index is 13.5. The number of rotatable bonds is 14. The topological polar surface area (TPSA) is 158 Å². The number of aromatic nitrogens is 2. The van der Waals surface area contributed by atoms with Crippen LogP contribution in [-0.4, -0.2) is 59.9 Å². The Bertz CT molecular complexity index is 1700. The standard InChI is InChI=1S/C31H39F3N6O7S/c1-21-11-13-23(14-12-21)26-20-27(31(32,33)34)35-39(26)24-15-17-25(18-16-24)48(44,45)36-28(41)10-8-7-9-19-38(6)40(43)37-47-22(2)46-29(42)30(3,4)5/h11-18,20,22H,7-10,19H2,1-6H3,(H,36,41). The molecule has 3 rings (SSSR count). The molecule has 1 amide bonds. The van der Waals surface area contributed by atoms with Crippen molar-refractivity contribution in [2.75, 3.05) is 13.6 Å². The molecule has 0 saturated carbocycles. The average Bonchev–Trinajstić information content (AvgIpc) is 3.46. The first-order chi connectivity index (χ1) is 22.3. The van der Waals surface area contributed by atoms with E-state index in [-0.39, 0.29) is 34.2 Å². The minimum absolute atomic E-state index is 0.111. The number of sulfonamides is 1. The zero-order valence-corrected chi connectivity index (χ0v) is 28.3. The highest BCUT2D eigenvalue weighted by molar-refractivity contribution is 7.90. The maximum Gasteiger partial charge on any atom is 0.435 e. The molecule has 0 radical (unpaired) electrons. The van der Waals surface area contributed by atoms with Gasteiger partial charge < -0.3 is 9.94 Å². The van der Waals surface area contributed by atoms with Crippen molar-refractivity contribution in [3.63, 3.8) is 0 Å². The average molecular weight is 697 g/mol. The Morgan fingerprint density at radius 1 is 1.06 bits per heavy atom. The first-order valence-corrected chi connectivity index (χ1v) is 16.4. The Labute approximate surface area is 276 Å². The number of ether oxygens (including phenoxy) is 1. The number of nitrogens with zero attached hydrogens (tertiary/aromatic N) is 5. The van der Waals surface area contributed by atoms with Crippen molar-refractivity contribution in [2.24, 2.45) is 10.7 Å². The van der Waals surface area contributed by atoms with E-state index in [2.05, 4.69) is 10.4 Å². The molecule has 0 bridgehead atoms. The molecule has 1 atom stereocenters. The highest BCUT2D eigenvalue weighted by atomic mass is 32.2. The van der Waals surface area contributed by atoms with Gasteiger partial charge in [-0.15, -0.1) is 5.01 Å². The molecule has 48 heavy (non-hydrogen) atoms. The molecule has 0 aliphatic carbocycles. The maximum absolute atomic E-state index is 13.5. The first-order valence-electron chi connectivity index (χ1n) is 14.9. The van der Waals surface area contributed by atoms with Gasteiger partial charge in [0.15, 0.2) is 5.69 Å². The summed E-state index contributed by atoms with van der Waals surface area (Å²) in [5, 5.41) is 20.3. The van der Waals surface area contributed by atoms with Gasteiger partial charge in [0.2, 0.25) is 11.2 Å². The number of unbranched alkanes of at least 4 members (excludes halogenated alkanes) is 2. The fourth-order valence-electron chi connectivity index (χ4n) is 4.08. The number of carbonyl (C=O) groups is 2. The summed E-state index contributed by atoms with van der Waals surface area (Å²) in [7, 11) is -2.80. The van der Waals surface area contributed by atoms with Crippen molar-refractivity contribution in [2.45, 2.75) is 77.7 Å². The van der Waals surface area contributed by atoms with E-state index in [1.165, 1.54) is 43.2 Å². The number of esters is 1. The largest absolute Gasteiger partial charge is 0.569 e. The van der Waals surface area contributed by atoms with Crippen LogP contribution in [0.3, 0.4) is 0 Å². The van der Waals surface area contributed by atoms with Crippen LogP contribution in [0.1, 0.15) is 64.6 Å². The summed E-state index contributed by atoms with van der Waals surface area (Å²) in [6.45, 7) is 8.51. The summed E-state index contributed by atoms with van der Waals surface area (Å²) < 4.78 is 74.2. The second-order valence-electron chi connectivity index (χ2n) is 12.1. The van der Waals surface area contributed by atoms with E-state index >= 15 is 0 Å². The Morgan fingerprint density at radius 3 is 2.27 bits per heavy atom. The fraction of sp³-hybridized carbons (Fsp3) is 0.452. The molecule has 1 aromatic heterocycles. The SMILES string of the molecule is Cc1ccc(-c2cc(C(F)(F)F)nn2-c2ccc(S(=O)(=O)NC(=O)CCCCCN(C)[N+]([O-])=NOC(C)OC(=O)C(C)(C)C)cc2)cc1. The molecule has 0 aliphatic rings. The summed E-state index contributed by atoms with van der Waals surface area (Å²) >= 11 is 0. The molecule has 0 fully saturated rings. The van der Waals surface area contributed by atoms with Crippen molar-refractivity contribution in [1.82, 2.24) is 19.5 Å². The van der Waals surface area contributed by atoms with Crippen LogP contribution in [0.15, 0.2) is 64.8 Å². The number of benzene rings is 2. The minimum Gasteiger partial charge on any atom is -0.569 e. The molecule has 0 saturated heterocycles. The van der Waals surface area contributed by atoms with Crippen LogP contribution in [0.5, 0.6) is 0 Å². The number of carbonyl (C=O) groups excluding carboxylic acids is 2. The number of alkyl halides is 3. The third kappa shape index (κ3) is 10.7. The lowest BCUT2D eigenvalue weighted by atomic mass is 9.97. The van der Waals surface area contributed by atoms with Crippen LogP contribution < -0.4 is 4.72 Å². The van der Waals surface area contributed by atoms with Crippen molar-refractivity contribution in [1.29, 1.82) is 0 Å². The predicted octanol–water partition coefficient (Wildman–Crippen LogP) is 5.91. The lowest BCUT2D eigenvalue weighted by Crippen LogP contribution is -2.30. The molecule has 1 N–H and O–H groups in total. The van der Waals surface area contributed by atoms with Gasteiger partial charge in [0, 0.05) is 18.9 Å². The lowest BCUT2D eigenvalue weighted by Gasteiger charge is -2.19. The van der Waals surface area contributed by atoms with E-state index in [1.807, 2.05) is 11.6 Å². The van der Waals surface area contributed by atoms with Crippen LogP contribution in [0, 0.1) is 17.5 Å². The van der Waals surface area contributed by atoms with Crippen LogP contribution in [0.2, 0.25) is 0 Å². The van der Waals surface area contributed by atoms with Crippen LogP contribution in [-0.2, 0) is 35.4 Å². The monoisotopic (exact) mass is 696 g/mol. The van der Waals surface area contributed by atoms with E-state index in [0.717, 1.165) is 16.3 Å². The Balaban J connectivity index is 1.52. The third-order valence-electron chi connectivity index (χ3n) is 6.82. The smallest absolute Gasteiger partial charge is 0.435 e. The Hall–Kier alpha value is -4.67. The molecule has 17 heteroatoms. The molecular weight excluding hydrogens is 657 g/mol. The lowest BCUT2D eigenvalue weighted by molar-refractivity contribution is -0.707. The molecule has 0 aliphatic heterocycles. The number of nitrogens with one attached hydrogen (secondary N) is 1. The van der Waals surface area contributed by atoms with Gasteiger partial charge in [-0.25, -0.2) is 17.8 Å². The summed E-state index contributed by atoms with van der Waals surface area (Å²) in [5.74, 6) is -1.27. The minimum atomic E-state index is -4.70. The van der Waals surface area contributed by atoms with Crippen LogP contribution >= 0.6 is 0 Å². The van der Waals surface area contributed by atoms with Gasteiger partial charge in [-0.05, 0) is 70.9 Å². The van der Waals surface area contributed by atoms with Gasteiger partial charge in [0.25, 0.3) is 16.3 Å². The molecule has 0 spiro atoms. The molecule has 262 valence electrons. The van der Waals surface area contributed by atoms with Gasteiger partial charge in [-0.2, -0.15) is 18.3 Å². The van der Waals surface area contributed by atoms with Gasteiger partial charge in [0.1, 0.15) is 0 Å². The van der Waals surface area contributed by atoms with Gasteiger partial charge in [-0.1, -0.05) is 36.2 Å². The highest BCUT2D eigenvalue weighted by Crippen LogP contribution is 2.33. The number of aryl methyl sites for hydroxylation is 1.